The highest BCUT2D eigenvalue weighted by atomic mass is 32.2. The molecule has 0 radical (unpaired) electrons. The van der Waals surface area contributed by atoms with Gasteiger partial charge in [-0.05, 0) is 49.1 Å². The highest BCUT2D eigenvalue weighted by Crippen LogP contribution is 2.34. The Hall–Kier alpha value is -3.97. The molecule has 2 aromatic heterocycles. The number of nitrogens with zero attached hydrogens (tertiary/aromatic N) is 3. The summed E-state index contributed by atoms with van der Waals surface area (Å²) in [4.78, 5) is 44.8. The number of fused-ring (bicyclic) bond motifs is 2. The lowest BCUT2D eigenvalue weighted by molar-refractivity contribution is -0.138. The van der Waals surface area contributed by atoms with Crippen molar-refractivity contribution in [3.8, 4) is 11.7 Å². The lowest BCUT2D eigenvalue weighted by Crippen LogP contribution is -2.53. The van der Waals surface area contributed by atoms with Crippen LogP contribution >= 0.6 is 0 Å². The summed E-state index contributed by atoms with van der Waals surface area (Å²) < 4.78 is 43.7. The van der Waals surface area contributed by atoms with Gasteiger partial charge in [-0.1, -0.05) is 19.9 Å². The van der Waals surface area contributed by atoms with Gasteiger partial charge in [-0.2, -0.15) is 4.31 Å². The van der Waals surface area contributed by atoms with Crippen LogP contribution < -0.4 is 14.8 Å². The number of sulfonamides is 1. The van der Waals surface area contributed by atoms with Crippen molar-refractivity contribution >= 4 is 38.8 Å². The van der Waals surface area contributed by atoms with Crippen molar-refractivity contribution < 1.29 is 36.7 Å². The fraction of sp³-hybridized carbons (Fsp3) is 0.407. The molecule has 3 unspecified atom stereocenters. The van der Waals surface area contributed by atoms with E-state index in [0.29, 0.717) is 16.7 Å². The number of pyridine rings is 1. The average molecular weight is 571 g/mol. The van der Waals surface area contributed by atoms with E-state index in [2.05, 4.69) is 10.3 Å². The number of Topliss-reactive ketones (excluding diaryl/α,β-unsaturated/α-hetero) is 1. The van der Waals surface area contributed by atoms with E-state index in [-0.39, 0.29) is 48.6 Å². The second-order valence-corrected chi connectivity index (χ2v) is 12.0. The number of hydrogen-bond acceptors (Lipinski definition) is 9. The second kappa shape index (κ2) is 10.9. The van der Waals surface area contributed by atoms with Gasteiger partial charge in [-0.15, -0.1) is 0 Å². The molecule has 2 aliphatic heterocycles. The van der Waals surface area contributed by atoms with E-state index in [1.165, 1.54) is 30.3 Å². The van der Waals surface area contributed by atoms with Crippen LogP contribution in [0.5, 0.6) is 11.7 Å². The molecule has 0 bridgehead atoms. The predicted octanol–water partition coefficient (Wildman–Crippen LogP) is 2.58. The van der Waals surface area contributed by atoms with E-state index in [0.717, 1.165) is 4.31 Å². The van der Waals surface area contributed by atoms with Gasteiger partial charge in [0.1, 0.15) is 23.4 Å². The van der Waals surface area contributed by atoms with Gasteiger partial charge in [-0.3, -0.25) is 9.59 Å². The van der Waals surface area contributed by atoms with Crippen LogP contribution in [0.1, 0.15) is 26.7 Å². The van der Waals surface area contributed by atoms with Crippen LogP contribution in [0.15, 0.2) is 58.1 Å². The topological polar surface area (TPSA) is 148 Å². The van der Waals surface area contributed by atoms with Crippen molar-refractivity contribution in [2.24, 2.45) is 5.92 Å². The summed E-state index contributed by atoms with van der Waals surface area (Å²) in [7, 11) is -2.49. The van der Waals surface area contributed by atoms with Crippen LogP contribution in [0.4, 0.5) is 4.79 Å². The van der Waals surface area contributed by atoms with Gasteiger partial charge >= 0.3 is 6.09 Å². The molecule has 1 aromatic carbocycles. The molecule has 2 amide bonds. The van der Waals surface area contributed by atoms with E-state index < -0.39 is 40.1 Å². The van der Waals surface area contributed by atoms with Gasteiger partial charge < -0.3 is 24.1 Å². The third-order valence-electron chi connectivity index (χ3n) is 7.06. The Bertz CT molecular complexity index is 1540. The molecule has 3 aromatic rings. The fourth-order valence-electron chi connectivity index (χ4n) is 5.29. The van der Waals surface area contributed by atoms with E-state index >= 15 is 0 Å². The van der Waals surface area contributed by atoms with Crippen LogP contribution in [0.2, 0.25) is 0 Å². The first kappa shape index (κ1) is 27.6. The Balaban J connectivity index is 1.31. The molecule has 2 fully saturated rings. The normalized spacial score (nSPS) is 20.1. The molecule has 5 rings (SSSR count). The van der Waals surface area contributed by atoms with Gasteiger partial charge in [0.2, 0.25) is 5.91 Å². The molecular formula is C27H30N4O8S. The summed E-state index contributed by atoms with van der Waals surface area (Å²) in [5, 5.41) is 3.13. The number of ether oxygens (including phenoxy) is 2. The largest absolute Gasteiger partial charge is 0.497 e. The smallest absolute Gasteiger partial charge is 0.415 e. The van der Waals surface area contributed by atoms with Crippen molar-refractivity contribution in [3.05, 3.63) is 48.7 Å². The van der Waals surface area contributed by atoms with Crippen LogP contribution in [0.3, 0.4) is 0 Å². The SMILES string of the molecule is COc1ccc2oc(OC(=O)NC(CC(C)C)C(=O)N3CCC4C3C(=O)CN4S(=O)(=O)c3ccccn3)cc2c1. The molecule has 4 heterocycles. The minimum absolute atomic E-state index is 0.0200. The average Bonchev–Trinajstić information content (AvgIpc) is 3.62. The maximum absolute atomic E-state index is 13.7. The summed E-state index contributed by atoms with van der Waals surface area (Å²) in [6.07, 6.45) is 1.05. The van der Waals surface area contributed by atoms with E-state index in [9.17, 15) is 22.8 Å². The molecule has 2 saturated heterocycles. The van der Waals surface area contributed by atoms with Gasteiger partial charge in [0.25, 0.3) is 16.0 Å². The molecule has 3 atom stereocenters. The van der Waals surface area contributed by atoms with Crippen molar-refractivity contribution in [2.45, 2.75) is 49.8 Å². The third-order valence-corrected chi connectivity index (χ3v) is 8.85. The van der Waals surface area contributed by atoms with Gasteiger partial charge in [0.05, 0.1) is 19.7 Å². The van der Waals surface area contributed by atoms with Crippen molar-refractivity contribution in [1.29, 1.82) is 0 Å². The van der Waals surface area contributed by atoms with Crippen LogP contribution in [-0.4, -0.2) is 78.7 Å². The number of carbonyl (C=O) groups excluding carboxylic acids is 3. The number of likely N-dealkylation sites (tertiary alicyclic amines) is 1. The number of amides is 2. The Kier molecular flexibility index (Phi) is 7.51. The maximum Gasteiger partial charge on any atom is 0.415 e. The molecule has 2 aliphatic rings. The number of nitrogens with one attached hydrogen (secondary N) is 1. The molecule has 0 spiro atoms. The number of furan rings is 1. The predicted molar refractivity (Wildman–Crippen MR) is 142 cm³/mol. The summed E-state index contributed by atoms with van der Waals surface area (Å²) in [6, 6.07) is 8.56. The molecule has 0 aliphatic carbocycles. The molecule has 40 heavy (non-hydrogen) atoms. The minimum Gasteiger partial charge on any atom is -0.497 e. The number of carbonyl (C=O) groups is 3. The quantitative estimate of drug-likeness (QED) is 0.431. The summed E-state index contributed by atoms with van der Waals surface area (Å²) in [6.45, 7) is 3.62. The zero-order chi connectivity index (χ0) is 28.6. The lowest BCUT2D eigenvalue weighted by Gasteiger charge is -2.28. The Morgan fingerprint density at radius 2 is 2.00 bits per heavy atom. The van der Waals surface area contributed by atoms with Crippen molar-refractivity contribution in [2.75, 3.05) is 20.2 Å². The molecular weight excluding hydrogens is 540 g/mol. The summed E-state index contributed by atoms with van der Waals surface area (Å²) in [5.74, 6) is -0.272. The summed E-state index contributed by atoms with van der Waals surface area (Å²) >= 11 is 0. The number of hydrogen-bond donors (Lipinski definition) is 1. The monoisotopic (exact) mass is 570 g/mol. The zero-order valence-corrected chi connectivity index (χ0v) is 23.1. The van der Waals surface area contributed by atoms with Crippen LogP contribution in [0.25, 0.3) is 11.0 Å². The van der Waals surface area contributed by atoms with Crippen LogP contribution in [-0.2, 0) is 19.6 Å². The number of aromatic nitrogens is 1. The fourth-order valence-corrected chi connectivity index (χ4v) is 6.85. The van der Waals surface area contributed by atoms with Gasteiger partial charge in [0, 0.05) is 24.2 Å². The Morgan fingerprint density at radius 1 is 1.20 bits per heavy atom. The molecule has 13 heteroatoms. The first-order valence-electron chi connectivity index (χ1n) is 12.9. The maximum atomic E-state index is 13.7. The van der Waals surface area contributed by atoms with E-state index in [4.69, 9.17) is 13.9 Å². The number of benzene rings is 1. The Labute approximate surface area is 231 Å². The third kappa shape index (κ3) is 5.26. The van der Waals surface area contributed by atoms with Crippen molar-refractivity contribution in [1.82, 2.24) is 19.5 Å². The molecule has 212 valence electrons. The van der Waals surface area contributed by atoms with Gasteiger partial charge in [-0.25, -0.2) is 18.2 Å². The first-order valence-corrected chi connectivity index (χ1v) is 14.3. The molecule has 0 saturated carbocycles. The summed E-state index contributed by atoms with van der Waals surface area (Å²) in [5.41, 5.74) is 0.492. The number of rotatable bonds is 8. The standard InChI is InChI=1S/C27H30N4O8S/c1-16(2)12-19(29-27(34)39-24-14-17-13-18(37-3)7-8-22(17)38-24)26(33)30-11-9-20-25(30)21(32)15-31(20)40(35,36)23-6-4-5-10-28-23/h4-8,10,13-14,16,19-20,25H,9,11-12,15H2,1-3H3,(H,29,34). The highest BCUT2D eigenvalue weighted by molar-refractivity contribution is 7.89. The van der Waals surface area contributed by atoms with E-state index in [1.54, 1.807) is 30.3 Å². The lowest BCUT2D eigenvalue weighted by atomic mass is 10.0. The Morgan fingerprint density at radius 3 is 2.70 bits per heavy atom. The first-order chi connectivity index (χ1) is 19.1. The molecule has 1 N–H and O–H groups in total. The van der Waals surface area contributed by atoms with Gasteiger partial charge in [0.15, 0.2) is 10.8 Å². The van der Waals surface area contributed by atoms with E-state index in [1.807, 2.05) is 13.8 Å². The number of ketones is 1. The minimum atomic E-state index is -4.03. The number of methoxy groups -OCH3 is 1. The second-order valence-electron chi connectivity index (χ2n) is 10.2. The van der Waals surface area contributed by atoms with Crippen LogP contribution in [0, 0.1) is 5.92 Å². The highest BCUT2D eigenvalue weighted by Gasteiger charge is 2.54. The molecule has 12 nitrogen and oxygen atoms in total. The zero-order valence-electron chi connectivity index (χ0n) is 22.3. The van der Waals surface area contributed by atoms with Crippen molar-refractivity contribution in [3.63, 3.8) is 0 Å².